The van der Waals surface area contributed by atoms with Crippen LogP contribution in [0.5, 0.6) is 11.5 Å². The Bertz CT molecular complexity index is 757. The number of rotatable bonds is 8. The van der Waals surface area contributed by atoms with Gasteiger partial charge in [-0.15, -0.1) is 0 Å². The van der Waals surface area contributed by atoms with E-state index in [2.05, 4.69) is 5.32 Å². The Morgan fingerprint density at radius 1 is 1.32 bits per heavy atom. The maximum absolute atomic E-state index is 12.2. The molecular formula is C18H20N2O5. The predicted octanol–water partition coefficient (Wildman–Crippen LogP) is 1.57. The van der Waals surface area contributed by atoms with E-state index in [0.29, 0.717) is 18.0 Å². The van der Waals surface area contributed by atoms with Gasteiger partial charge in [-0.2, -0.15) is 0 Å². The van der Waals surface area contributed by atoms with E-state index in [1.54, 1.807) is 24.5 Å². The van der Waals surface area contributed by atoms with Crippen LogP contribution in [0.2, 0.25) is 0 Å². The lowest BCUT2D eigenvalue weighted by atomic mass is 10.2. The maximum Gasteiger partial charge on any atom is 0.255 e. The zero-order chi connectivity index (χ0) is 17.8. The molecule has 0 spiro atoms. The van der Waals surface area contributed by atoms with Crippen molar-refractivity contribution in [1.29, 1.82) is 0 Å². The van der Waals surface area contributed by atoms with Gasteiger partial charge in [0.25, 0.3) is 5.91 Å². The SMILES string of the molecule is COc1cc(CNC(=O)[C@@H]2C[C@@H]2c2ccco2)ccc1OCC(N)=O. The number of hydrogen-bond donors (Lipinski definition) is 2. The lowest BCUT2D eigenvalue weighted by molar-refractivity contribution is -0.122. The summed E-state index contributed by atoms with van der Waals surface area (Å²) in [5.74, 6) is 1.35. The van der Waals surface area contributed by atoms with Crippen LogP contribution in [-0.2, 0) is 16.1 Å². The Morgan fingerprint density at radius 3 is 2.84 bits per heavy atom. The highest BCUT2D eigenvalue weighted by atomic mass is 16.5. The third-order valence-corrected chi connectivity index (χ3v) is 4.10. The minimum absolute atomic E-state index is 0.00872. The molecule has 3 rings (SSSR count). The molecule has 1 aliphatic carbocycles. The number of primary amides is 1. The molecule has 1 aromatic carbocycles. The van der Waals surface area contributed by atoms with Crippen molar-refractivity contribution in [3.8, 4) is 11.5 Å². The van der Waals surface area contributed by atoms with Crippen LogP contribution in [0.15, 0.2) is 41.0 Å². The molecule has 2 atom stereocenters. The first-order valence-corrected chi connectivity index (χ1v) is 7.97. The smallest absolute Gasteiger partial charge is 0.255 e. The molecule has 7 nitrogen and oxygen atoms in total. The second-order valence-electron chi connectivity index (χ2n) is 5.92. The van der Waals surface area contributed by atoms with Gasteiger partial charge in [-0.3, -0.25) is 9.59 Å². The summed E-state index contributed by atoms with van der Waals surface area (Å²) in [6, 6.07) is 8.97. The number of ether oxygens (including phenoxy) is 2. The van der Waals surface area contributed by atoms with E-state index in [1.165, 1.54) is 7.11 Å². The first-order chi connectivity index (χ1) is 12.1. The summed E-state index contributed by atoms with van der Waals surface area (Å²) in [5, 5.41) is 2.92. The van der Waals surface area contributed by atoms with E-state index in [1.807, 2.05) is 12.1 Å². The maximum atomic E-state index is 12.2. The molecule has 0 saturated heterocycles. The normalized spacial score (nSPS) is 18.4. The molecule has 0 bridgehead atoms. The molecule has 1 heterocycles. The summed E-state index contributed by atoms with van der Waals surface area (Å²) < 4.78 is 15.9. The van der Waals surface area contributed by atoms with Gasteiger partial charge >= 0.3 is 0 Å². The van der Waals surface area contributed by atoms with Crippen molar-refractivity contribution in [1.82, 2.24) is 5.32 Å². The summed E-state index contributed by atoms with van der Waals surface area (Å²) in [6.45, 7) is 0.162. The van der Waals surface area contributed by atoms with Crippen molar-refractivity contribution < 1.29 is 23.5 Å². The van der Waals surface area contributed by atoms with Gasteiger partial charge < -0.3 is 24.9 Å². The second-order valence-corrected chi connectivity index (χ2v) is 5.92. The van der Waals surface area contributed by atoms with E-state index >= 15 is 0 Å². The van der Waals surface area contributed by atoms with Crippen molar-refractivity contribution in [2.45, 2.75) is 18.9 Å². The molecule has 1 saturated carbocycles. The van der Waals surface area contributed by atoms with Crippen molar-refractivity contribution in [3.63, 3.8) is 0 Å². The number of carbonyl (C=O) groups excluding carboxylic acids is 2. The fourth-order valence-electron chi connectivity index (χ4n) is 2.71. The number of furan rings is 1. The van der Waals surface area contributed by atoms with E-state index in [-0.39, 0.29) is 24.3 Å². The molecule has 0 aliphatic heterocycles. The number of nitrogens with two attached hydrogens (primary N) is 1. The van der Waals surface area contributed by atoms with Crippen LogP contribution in [0.4, 0.5) is 0 Å². The summed E-state index contributed by atoms with van der Waals surface area (Å²) in [5.41, 5.74) is 5.93. The van der Waals surface area contributed by atoms with Gasteiger partial charge in [0.1, 0.15) is 5.76 Å². The number of carbonyl (C=O) groups is 2. The van der Waals surface area contributed by atoms with Crippen molar-refractivity contribution in [3.05, 3.63) is 47.9 Å². The van der Waals surface area contributed by atoms with Crippen LogP contribution in [0.25, 0.3) is 0 Å². The van der Waals surface area contributed by atoms with E-state index in [4.69, 9.17) is 19.6 Å². The second kappa shape index (κ2) is 7.29. The average Bonchev–Trinajstić information content (AvgIpc) is 3.23. The first kappa shape index (κ1) is 16.9. The monoisotopic (exact) mass is 344 g/mol. The molecule has 2 aromatic rings. The van der Waals surface area contributed by atoms with E-state index in [0.717, 1.165) is 17.7 Å². The number of hydrogen-bond acceptors (Lipinski definition) is 5. The van der Waals surface area contributed by atoms with Crippen LogP contribution < -0.4 is 20.5 Å². The van der Waals surface area contributed by atoms with Crippen LogP contribution in [0.1, 0.15) is 23.7 Å². The molecule has 1 aliphatic rings. The van der Waals surface area contributed by atoms with Crippen LogP contribution >= 0.6 is 0 Å². The first-order valence-electron chi connectivity index (χ1n) is 7.97. The van der Waals surface area contributed by atoms with Gasteiger partial charge in [0.15, 0.2) is 18.1 Å². The predicted molar refractivity (Wildman–Crippen MR) is 89.1 cm³/mol. The zero-order valence-corrected chi connectivity index (χ0v) is 13.9. The van der Waals surface area contributed by atoms with Gasteiger partial charge in [0, 0.05) is 18.4 Å². The Balaban J connectivity index is 1.54. The molecule has 1 aromatic heterocycles. The molecule has 25 heavy (non-hydrogen) atoms. The highest BCUT2D eigenvalue weighted by molar-refractivity contribution is 5.82. The van der Waals surface area contributed by atoms with Crippen LogP contribution in [0, 0.1) is 5.92 Å². The quantitative estimate of drug-likeness (QED) is 0.756. The van der Waals surface area contributed by atoms with E-state index < -0.39 is 5.91 Å². The Kier molecular flexibility index (Phi) is 4.92. The Labute approximate surface area is 145 Å². The molecule has 3 N–H and O–H groups in total. The summed E-state index contributed by atoms with van der Waals surface area (Å²) in [4.78, 5) is 23.0. The van der Waals surface area contributed by atoms with E-state index in [9.17, 15) is 9.59 Å². The molecule has 0 radical (unpaired) electrons. The average molecular weight is 344 g/mol. The summed E-state index contributed by atoms with van der Waals surface area (Å²) >= 11 is 0. The van der Waals surface area contributed by atoms with Crippen molar-refractivity contribution in [2.75, 3.05) is 13.7 Å². The Hall–Kier alpha value is -2.96. The molecule has 1 fully saturated rings. The topological polar surface area (TPSA) is 104 Å². The highest BCUT2D eigenvalue weighted by Gasteiger charge is 2.45. The zero-order valence-electron chi connectivity index (χ0n) is 13.9. The molecule has 132 valence electrons. The molecule has 0 unspecified atom stereocenters. The minimum Gasteiger partial charge on any atom is -0.493 e. The number of nitrogens with one attached hydrogen (secondary N) is 1. The van der Waals surface area contributed by atoms with Crippen LogP contribution in [-0.4, -0.2) is 25.5 Å². The fourth-order valence-corrected chi connectivity index (χ4v) is 2.71. The molecule has 2 amide bonds. The van der Waals surface area contributed by atoms with Crippen molar-refractivity contribution in [2.24, 2.45) is 11.7 Å². The third-order valence-electron chi connectivity index (χ3n) is 4.10. The lowest BCUT2D eigenvalue weighted by Gasteiger charge is -2.11. The molecular weight excluding hydrogens is 324 g/mol. The van der Waals surface area contributed by atoms with Crippen molar-refractivity contribution >= 4 is 11.8 Å². The van der Waals surface area contributed by atoms with Gasteiger partial charge in [-0.1, -0.05) is 6.07 Å². The molecule has 7 heteroatoms. The van der Waals surface area contributed by atoms with Crippen LogP contribution in [0.3, 0.4) is 0 Å². The fraction of sp³-hybridized carbons (Fsp3) is 0.333. The van der Waals surface area contributed by atoms with Gasteiger partial charge in [-0.25, -0.2) is 0 Å². The standard InChI is InChI=1S/C18H20N2O5/c1-23-16-7-11(4-5-15(16)25-10-17(19)21)9-20-18(22)13-8-12(13)14-3-2-6-24-14/h2-7,12-13H,8-10H2,1H3,(H2,19,21)(H,20,22)/t12-,13+/m0/s1. The number of amides is 2. The Morgan fingerprint density at radius 2 is 2.16 bits per heavy atom. The summed E-state index contributed by atoms with van der Waals surface area (Å²) in [6.07, 6.45) is 2.43. The number of methoxy groups -OCH3 is 1. The van der Waals surface area contributed by atoms with Gasteiger partial charge in [0.2, 0.25) is 5.91 Å². The minimum atomic E-state index is -0.561. The lowest BCUT2D eigenvalue weighted by Crippen LogP contribution is -2.25. The summed E-state index contributed by atoms with van der Waals surface area (Å²) in [7, 11) is 1.51. The third kappa shape index (κ3) is 4.12. The highest BCUT2D eigenvalue weighted by Crippen LogP contribution is 2.47. The van der Waals surface area contributed by atoms with Gasteiger partial charge in [0.05, 0.1) is 13.4 Å². The number of benzene rings is 1. The largest absolute Gasteiger partial charge is 0.493 e. The van der Waals surface area contributed by atoms with Gasteiger partial charge in [-0.05, 0) is 36.2 Å².